The Bertz CT molecular complexity index is 474. The Balaban J connectivity index is 2.11. The summed E-state index contributed by atoms with van der Waals surface area (Å²) < 4.78 is 5.53. The molecule has 1 aromatic carbocycles. The Hall–Kier alpha value is -1.39. The van der Waals surface area contributed by atoms with Crippen LogP contribution < -0.4 is 0 Å². The lowest BCUT2D eigenvalue weighted by atomic mass is 10.0. The van der Waals surface area contributed by atoms with Gasteiger partial charge >= 0.3 is 0 Å². The maximum absolute atomic E-state index is 13.2. The molecule has 0 saturated carbocycles. The van der Waals surface area contributed by atoms with Gasteiger partial charge in [-0.05, 0) is 32.0 Å². The van der Waals surface area contributed by atoms with Gasteiger partial charge in [0.1, 0.15) is 6.04 Å². The van der Waals surface area contributed by atoms with Crippen molar-refractivity contribution in [3.05, 3.63) is 35.9 Å². The summed E-state index contributed by atoms with van der Waals surface area (Å²) in [6.07, 6.45) is 1.05. The van der Waals surface area contributed by atoms with Gasteiger partial charge in [-0.1, -0.05) is 44.2 Å². The van der Waals surface area contributed by atoms with Crippen LogP contribution in [0.3, 0.4) is 0 Å². The Labute approximate surface area is 140 Å². The van der Waals surface area contributed by atoms with Crippen LogP contribution >= 0.6 is 0 Å². The largest absolute Gasteiger partial charge is 0.381 e. The molecule has 0 aromatic heterocycles. The summed E-state index contributed by atoms with van der Waals surface area (Å²) in [5.41, 5.74) is 1.09. The molecular formula is C19H30N2O2. The SMILES string of the molecule is CCOC[C@@H]1CCN(C(=O)[C@@H](c2ccccc2)N(CC)CC)C1. The maximum Gasteiger partial charge on any atom is 0.244 e. The second-order valence-electron chi connectivity index (χ2n) is 6.13. The number of likely N-dealkylation sites (N-methyl/N-ethyl adjacent to an activating group) is 1. The summed E-state index contributed by atoms with van der Waals surface area (Å²) in [5.74, 6) is 0.714. The van der Waals surface area contributed by atoms with Gasteiger partial charge in [-0.3, -0.25) is 9.69 Å². The normalized spacial score (nSPS) is 19.3. The van der Waals surface area contributed by atoms with Gasteiger partial charge in [-0.25, -0.2) is 0 Å². The van der Waals surface area contributed by atoms with Crippen LogP contribution in [0.5, 0.6) is 0 Å². The molecule has 2 atom stereocenters. The third-order valence-corrected chi connectivity index (χ3v) is 4.68. The van der Waals surface area contributed by atoms with Crippen molar-refractivity contribution < 1.29 is 9.53 Å². The van der Waals surface area contributed by atoms with E-state index in [9.17, 15) is 4.79 Å². The molecule has 4 heteroatoms. The molecule has 0 radical (unpaired) electrons. The van der Waals surface area contributed by atoms with E-state index in [1.165, 1.54) is 0 Å². The number of carbonyl (C=O) groups excluding carboxylic acids is 1. The van der Waals surface area contributed by atoms with E-state index >= 15 is 0 Å². The van der Waals surface area contributed by atoms with Crippen molar-refractivity contribution in [1.82, 2.24) is 9.80 Å². The fourth-order valence-corrected chi connectivity index (χ4v) is 3.36. The van der Waals surface area contributed by atoms with E-state index in [2.05, 4.69) is 30.9 Å². The molecule has 128 valence electrons. The Morgan fingerprint density at radius 1 is 1.26 bits per heavy atom. The van der Waals surface area contributed by atoms with Crippen LogP contribution in [0.15, 0.2) is 30.3 Å². The summed E-state index contributed by atoms with van der Waals surface area (Å²) in [6, 6.07) is 9.99. The van der Waals surface area contributed by atoms with Gasteiger partial charge in [0.05, 0.1) is 6.61 Å². The lowest BCUT2D eigenvalue weighted by Gasteiger charge is -2.32. The molecule has 1 aliphatic heterocycles. The third kappa shape index (κ3) is 4.55. The topological polar surface area (TPSA) is 32.8 Å². The summed E-state index contributed by atoms with van der Waals surface area (Å²) in [6.45, 7) is 11.2. The molecule has 1 fully saturated rings. The van der Waals surface area contributed by atoms with Gasteiger partial charge in [0.15, 0.2) is 0 Å². The Morgan fingerprint density at radius 3 is 2.57 bits per heavy atom. The third-order valence-electron chi connectivity index (χ3n) is 4.68. The number of benzene rings is 1. The number of carbonyl (C=O) groups is 1. The first kappa shape index (κ1) is 18.0. The molecule has 0 unspecified atom stereocenters. The predicted octanol–water partition coefficient (Wildman–Crippen LogP) is 2.95. The van der Waals surface area contributed by atoms with Crippen LogP contribution in [0.4, 0.5) is 0 Å². The van der Waals surface area contributed by atoms with E-state index < -0.39 is 0 Å². The van der Waals surface area contributed by atoms with Gasteiger partial charge in [0.25, 0.3) is 0 Å². The Morgan fingerprint density at radius 2 is 1.96 bits per heavy atom. The summed E-state index contributed by atoms with van der Waals surface area (Å²) >= 11 is 0. The highest BCUT2D eigenvalue weighted by Crippen LogP contribution is 2.26. The van der Waals surface area contributed by atoms with Crippen LogP contribution in [0, 0.1) is 5.92 Å². The molecule has 1 heterocycles. The first-order valence-electron chi connectivity index (χ1n) is 8.86. The first-order chi connectivity index (χ1) is 11.2. The van der Waals surface area contributed by atoms with Crippen molar-refractivity contribution in [2.24, 2.45) is 5.92 Å². The van der Waals surface area contributed by atoms with Crippen LogP contribution in [0.1, 0.15) is 38.8 Å². The average Bonchev–Trinajstić information content (AvgIpc) is 3.07. The molecule has 0 N–H and O–H groups in total. The van der Waals surface area contributed by atoms with E-state index in [4.69, 9.17) is 4.74 Å². The van der Waals surface area contributed by atoms with Crippen molar-refractivity contribution in [1.29, 1.82) is 0 Å². The van der Waals surface area contributed by atoms with Crippen LogP contribution in [0.25, 0.3) is 0 Å². The number of hydrogen-bond donors (Lipinski definition) is 0. The predicted molar refractivity (Wildman–Crippen MR) is 93.3 cm³/mol. The van der Waals surface area contributed by atoms with Crippen LogP contribution in [0.2, 0.25) is 0 Å². The van der Waals surface area contributed by atoms with Crippen molar-refractivity contribution in [3.8, 4) is 0 Å². The molecule has 0 aliphatic carbocycles. The summed E-state index contributed by atoms with van der Waals surface area (Å²) in [4.78, 5) is 17.4. The zero-order chi connectivity index (χ0) is 16.7. The molecule has 2 rings (SSSR count). The molecular weight excluding hydrogens is 288 g/mol. The molecule has 1 amide bonds. The molecule has 0 spiro atoms. The monoisotopic (exact) mass is 318 g/mol. The number of rotatable bonds is 8. The second-order valence-corrected chi connectivity index (χ2v) is 6.13. The zero-order valence-electron chi connectivity index (χ0n) is 14.7. The van der Waals surface area contributed by atoms with Crippen LogP contribution in [-0.4, -0.2) is 55.1 Å². The molecule has 1 aromatic rings. The standard InChI is InChI=1S/C19H30N2O2/c1-4-20(5-2)18(17-10-8-7-9-11-17)19(22)21-13-12-16(14-21)15-23-6-3/h7-11,16,18H,4-6,12-15H2,1-3H3/t16-,18-/m1/s1. The fraction of sp³-hybridized carbons (Fsp3) is 0.632. The first-order valence-corrected chi connectivity index (χ1v) is 8.86. The van der Waals surface area contributed by atoms with E-state index in [-0.39, 0.29) is 11.9 Å². The van der Waals surface area contributed by atoms with E-state index in [1.54, 1.807) is 0 Å². The lowest BCUT2D eigenvalue weighted by Crippen LogP contribution is -2.42. The molecule has 1 saturated heterocycles. The summed E-state index contributed by atoms with van der Waals surface area (Å²) in [5, 5.41) is 0. The fourth-order valence-electron chi connectivity index (χ4n) is 3.36. The number of amides is 1. The van der Waals surface area contributed by atoms with Gasteiger partial charge in [0.2, 0.25) is 5.91 Å². The minimum Gasteiger partial charge on any atom is -0.381 e. The number of ether oxygens (including phenoxy) is 1. The lowest BCUT2D eigenvalue weighted by molar-refractivity contribution is -0.136. The van der Waals surface area contributed by atoms with E-state index in [0.717, 1.165) is 51.4 Å². The van der Waals surface area contributed by atoms with E-state index in [0.29, 0.717) is 5.92 Å². The van der Waals surface area contributed by atoms with Crippen molar-refractivity contribution in [3.63, 3.8) is 0 Å². The molecule has 23 heavy (non-hydrogen) atoms. The van der Waals surface area contributed by atoms with Gasteiger partial charge in [0, 0.05) is 25.6 Å². The van der Waals surface area contributed by atoms with E-state index in [1.807, 2.05) is 30.0 Å². The van der Waals surface area contributed by atoms with Crippen LogP contribution in [-0.2, 0) is 9.53 Å². The Kier molecular flexibility index (Phi) is 7.06. The number of nitrogens with zero attached hydrogens (tertiary/aromatic N) is 2. The molecule has 4 nitrogen and oxygen atoms in total. The summed E-state index contributed by atoms with van der Waals surface area (Å²) in [7, 11) is 0. The van der Waals surface area contributed by atoms with Crippen molar-refractivity contribution in [2.45, 2.75) is 33.2 Å². The smallest absolute Gasteiger partial charge is 0.244 e. The highest BCUT2D eigenvalue weighted by atomic mass is 16.5. The van der Waals surface area contributed by atoms with Gasteiger partial charge in [-0.2, -0.15) is 0 Å². The minimum atomic E-state index is -0.169. The number of likely N-dealkylation sites (tertiary alicyclic amines) is 1. The highest BCUT2D eigenvalue weighted by molar-refractivity contribution is 5.83. The highest BCUT2D eigenvalue weighted by Gasteiger charge is 2.34. The average molecular weight is 318 g/mol. The van der Waals surface area contributed by atoms with Gasteiger partial charge in [-0.15, -0.1) is 0 Å². The van der Waals surface area contributed by atoms with Crippen molar-refractivity contribution >= 4 is 5.91 Å². The zero-order valence-corrected chi connectivity index (χ0v) is 14.7. The number of hydrogen-bond acceptors (Lipinski definition) is 3. The minimum absolute atomic E-state index is 0.169. The molecule has 0 bridgehead atoms. The second kappa shape index (κ2) is 9.04. The quantitative estimate of drug-likeness (QED) is 0.739. The maximum atomic E-state index is 13.2. The molecule has 1 aliphatic rings. The van der Waals surface area contributed by atoms with Crippen molar-refractivity contribution in [2.75, 3.05) is 39.4 Å². The van der Waals surface area contributed by atoms with Gasteiger partial charge < -0.3 is 9.64 Å².